The summed E-state index contributed by atoms with van der Waals surface area (Å²) < 4.78 is 27.6. The summed E-state index contributed by atoms with van der Waals surface area (Å²) in [5.41, 5.74) is 0.574. The molecule has 0 saturated carbocycles. The van der Waals surface area contributed by atoms with Crippen molar-refractivity contribution in [1.29, 1.82) is 0 Å². The zero-order chi connectivity index (χ0) is 19.4. The lowest BCUT2D eigenvalue weighted by atomic mass is 10.0. The molecule has 0 aliphatic carbocycles. The molecule has 0 radical (unpaired) electrons. The van der Waals surface area contributed by atoms with Crippen molar-refractivity contribution in [2.24, 2.45) is 5.92 Å². The van der Waals surface area contributed by atoms with Crippen molar-refractivity contribution >= 4 is 29.1 Å². The molecule has 0 bridgehead atoms. The Morgan fingerprint density at radius 2 is 1.69 bits per heavy atom. The van der Waals surface area contributed by atoms with Crippen LogP contribution in [0.25, 0.3) is 0 Å². The fourth-order valence-corrected chi connectivity index (χ4v) is 2.67. The highest BCUT2D eigenvalue weighted by Gasteiger charge is 2.27. The van der Waals surface area contributed by atoms with Crippen LogP contribution in [0.4, 0.5) is 14.5 Å². The van der Waals surface area contributed by atoms with Crippen molar-refractivity contribution in [3.05, 3.63) is 64.2 Å². The first-order chi connectivity index (χ1) is 12.2. The van der Waals surface area contributed by atoms with Gasteiger partial charge in [0.1, 0.15) is 23.2 Å². The molecule has 2 aromatic rings. The normalized spacial score (nSPS) is 12.0. The predicted molar refractivity (Wildman–Crippen MR) is 97.3 cm³/mol. The van der Waals surface area contributed by atoms with Gasteiger partial charge < -0.3 is 10.6 Å². The van der Waals surface area contributed by atoms with E-state index in [2.05, 4.69) is 10.6 Å². The third-order valence-corrected chi connectivity index (χ3v) is 4.11. The average molecular weight is 381 g/mol. The van der Waals surface area contributed by atoms with E-state index >= 15 is 0 Å². The topological polar surface area (TPSA) is 58.2 Å². The number of hydrogen-bond acceptors (Lipinski definition) is 2. The Labute approximate surface area is 155 Å². The van der Waals surface area contributed by atoms with Crippen LogP contribution in [-0.2, 0) is 4.79 Å². The molecule has 0 heterocycles. The SMILES string of the molecule is Cc1cc(Cl)ccc1NC(=O)C(NC(=O)c1c(F)cccc1F)C(C)C. The number of anilines is 1. The number of nitrogens with one attached hydrogen (secondary N) is 2. The first-order valence-corrected chi connectivity index (χ1v) is 8.40. The van der Waals surface area contributed by atoms with Crippen molar-refractivity contribution in [2.45, 2.75) is 26.8 Å². The van der Waals surface area contributed by atoms with Crippen LogP contribution in [0.15, 0.2) is 36.4 Å². The summed E-state index contributed by atoms with van der Waals surface area (Å²) in [6.07, 6.45) is 0. The van der Waals surface area contributed by atoms with Crippen LogP contribution in [0.3, 0.4) is 0 Å². The van der Waals surface area contributed by atoms with Crippen molar-refractivity contribution in [3.63, 3.8) is 0 Å². The largest absolute Gasteiger partial charge is 0.340 e. The standard InChI is InChI=1S/C19H19ClF2N2O2/c1-10(2)17(19(26)23-15-8-7-12(20)9-11(15)3)24-18(25)16-13(21)5-4-6-14(16)22/h4-10,17H,1-3H3,(H,23,26)(H,24,25). The van der Waals surface area contributed by atoms with Crippen LogP contribution >= 0.6 is 11.6 Å². The number of halogens is 3. The molecule has 2 rings (SSSR count). The van der Waals surface area contributed by atoms with Gasteiger partial charge in [-0.25, -0.2) is 8.78 Å². The van der Waals surface area contributed by atoms with E-state index in [4.69, 9.17) is 11.6 Å². The molecular weight excluding hydrogens is 362 g/mol. The Kier molecular flexibility index (Phi) is 6.32. The Morgan fingerprint density at radius 1 is 1.08 bits per heavy atom. The summed E-state index contributed by atoms with van der Waals surface area (Å²) in [7, 11) is 0. The van der Waals surface area contributed by atoms with Gasteiger partial charge in [0, 0.05) is 10.7 Å². The molecule has 0 fully saturated rings. The maximum Gasteiger partial charge on any atom is 0.257 e. The molecule has 0 aromatic heterocycles. The highest BCUT2D eigenvalue weighted by Crippen LogP contribution is 2.20. The summed E-state index contributed by atoms with van der Waals surface area (Å²) in [6.45, 7) is 5.22. The van der Waals surface area contributed by atoms with Crippen molar-refractivity contribution in [3.8, 4) is 0 Å². The third kappa shape index (κ3) is 4.58. The van der Waals surface area contributed by atoms with Gasteiger partial charge in [-0.3, -0.25) is 9.59 Å². The average Bonchev–Trinajstić information content (AvgIpc) is 2.54. The first-order valence-electron chi connectivity index (χ1n) is 8.02. The summed E-state index contributed by atoms with van der Waals surface area (Å²) in [5, 5.41) is 5.65. The predicted octanol–water partition coefficient (Wildman–Crippen LogP) is 4.32. The fourth-order valence-electron chi connectivity index (χ4n) is 2.44. The van der Waals surface area contributed by atoms with E-state index in [9.17, 15) is 18.4 Å². The number of amides is 2. The molecule has 0 aliphatic rings. The zero-order valence-electron chi connectivity index (χ0n) is 14.6. The maximum atomic E-state index is 13.8. The molecule has 1 unspecified atom stereocenters. The van der Waals surface area contributed by atoms with Crippen LogP contribution in [0.2, 0.25) is 5.02 Å². The number of aryl methyl sites for hydroxylation is 1. The Balaban J connectivity index is 2.20. The quantitative estimate of drug-likeness (QED) is 0.811. The van der Waals surface area contributed by atoms with Gasteiger partial charge in [-0.05, 0) is 48.7 Å². The molecule has 2 N–H and O–H groups in total. The van der Waals surface area contributed by atoms with Gasteiger partial charge in [0.2, 0.25) is 5.91 Å². The second kappa shape index (κ2) is 8.27. The number of benzene rings is 2. The summed E-state index contributed by atoms with van der Waals surface area (Å²) in [5.74, 6) is -3.75. The van der Waals surface area contributed by atoms with Crippen molar-refractivity contribution in [2.75, 3.05) is 5.32 Å². The molecular formula is C19H19ClF2N2O2. The molecule has 2 aromatic carbocycles. The van der Waals surface area contributed by atoms with Gasteiger partial charge >= 0.3 is 0 Å². The van der Waals surface area contributed by atoms with Gasteiger partial charge in [0.25, 0.3) is 5.91 Å². The smallest absolute Gasteiger partial charge is 0.257 e. The van der Waals surface area contributed by atoms with E-state index in [-0.39, 0.29) is 5.92 Å². The van der Waals surface area contributed by atoms with Crippen LogP contribution in [0.5, 0.6) is 0 Å². The third-order valence-electron chi connectivity index (χ3n) is 3.87. The highest BCUT2D eigenvalue weighted by atomic mass is 35.5. The Hall–Kier alpha value is -2.47. The number of carbonyl (C=O) groups is 2. The minimum Gasteiger partial charge on any atom is -0.340 e. The van der Waals surface area contributed by atoms with E-state index in [0.717, 1.165) is 23.8 Å². The summed E-state index contributed by atoms with van der Waals surface area (Å²) in [4.78, 5) is 24.9. The number of hydrogen-bond donors (Lipinski definition) is 2. The Bertz CT molecular complexity index is 820. The van der Waals surface area contributed by atoms with Crippen molar-refractivity contribution < 1.29 is 18.4 Å². The molecule has 2 amide bonds. The van der Waals surface area contributed by atoms with Gasteiger partial charge in [-0.1, -0.05) is 31.5 Å². The second-order valence-corrected chi connectivity index (χ2v) is 6.68. The molecule has 4 nitrogen and oxygen atoms in total. The van der Waals surface area contributed by atoms with E-state index in [1.54, 1.807) is 39.0 Å². The highest BCUT2D eigenvalue weighted by molar-refractivity contribution is 6.30. The van der Waals surface area contributed by atoms with Gasteiger partial charge in [-0.15, -0.1) is 0 Å². The molecule has 0 aliphatic heterocycles. The monoisotopic (exact) mass is 380 g/mol. The van der Waals surface area contributed by atoms with Crippen LogP contribution in [0, 0.1) is 24.5 Å². The summed E-state index contributed by atoms with van der Waals surface area (Å²) >= 11 is 5.89. The van der Waals surface area contributed by atoms with Crippen LogP contribution in [0.1, 0.15) is 29.8 Å². The number of carbonyl (C=O) groups excluding carboxylic acids is 2. The molecule has 0 spiro atoms. The van der Waals surface area contributed by atoms with Crippen molar-refractivity contribution in [1.82, 2.24) is 5.32 Å². The van der Waals surface area contributed by atoms with E-state index in [0.29, 0.717) is 10.7 Å². The van der Waals surface area contributed by atoms with Crippen LogP contribution in [-0.4, -0.2) is 17.9 Å². The lowest BCUT2D eigenvalue weighted by Crippen LogP contribution is -2.47. The van der Waals surface area contributed by atoms with Gasteiger partial charge in [-0.2, -0.15) is 0 Å². The number of rotatable bonds is 5. The molecule has 138 valence electrons. The molecule has 26 heavy (non-hydrogen) atoms. The first kappa shape index (κ1) is 19.8. The summed E-state index contributed by atoms with van der Waals surface area (Å²) in [6, 6.07) is 7.12. The fraction of sp³-hybridized carbons (Fsp3) is 0.263. The zero-order valence-corrected chi connectivity index (χ0v) is 15.3. The molecule has 1 atom stereocenters. The minimum atomic E-state index is -0.987. The molecule has 7 heteroatoms. The van der Waals surface area contributed by atoms with E-state index in [1.165, 1.54) is 0 Å². The van der Waals surface area contributed by atoms with Gasteiger partial charge in [0.05, 0.1) is 0 Å². The van der Waals surface area contributed by atoms with Crippen LogP contribution < -0.4 is 10.6 Å². The maximum absolute atomic E-state index is 13.8. The van der Waals surface area contributed by atoms with E-state index < -0.39 is 35.1 Å². The van der Waals surface area contributed by atoms with E-state index in [1.807, 2.05) is 0 Å². The Morgan fingerprint density at radius 3 is 2.23 bits per heavy atom. The lowest BCUT2D eigenvalue weighted by Gasteiger charge is -2.22. The second-order valence-electron chi connectivity index (χ2n) is 6.24. The van der Waals surface area contributed by atoms with Gasteiger partial charge in [0.15, 0.2) is 0 Å². The molecule has 0 saturated heterocycles. The minimum absolute atomic E-state index is 0.304. The lowest BCUT2D eigenvalue weighted by molar-refractivity contribution is -0.118.